The molecule has 1 unspecified atom stereocenters. The Morgan fingerprint density at radius 3 is 2.94 bits per heavy atom. The Morgan fingerprint density at radius 2 is 2.22 bits per heavy atom. The van der Waals surface area contributed by atoms with Gasteiger partial charge in [-0.2, -0.15) is 0 Å². The van der Waals surface area contributed by atoms with Crippen molar-refractivity contribution >= 4 is 5.91 Å². The lowest BCUT2D eigenvalue weighted by atomic mass is 9.95. The van der Waals surface area contributed by atoms with Crippen LogP contribution in [0.4, 0.5) is 0 Å². The molecule has 0 bridgehead atoms. The van der Waals surface area contributed by atoms with Gasteiger partial charge in [0.25, 0.3) is 0 Å². The zero-order valence-electron chi connectivity index (χ0n) is 10.9. The zero-order valence-corrected chi connectivity index (χ0v) is 10.9. The van der Waals surface area contributed by atoms with E-state index in [1.165, 1.54) is 11.1 Å². The van der Waals surface area contributed by atoms with Crippen molar-refractivity contribution in [2.45, 2.75) is 32.0 Å². The number of amides is 1. The van der Waals surface area contributed by atoms with Gasteiger partial charge < -0.3 is 15.4 Å². The fraction of sp³-hybridized carbons (Fsp3) is 0.500. The number of rotatable bonds is 4. The highest BCUT2D eigenvalue weighted by atomic mass is 16.5. The van der Waals surface area contributed by atoms with Gasteiger partial charge in [-0.1, -0.05) is 24.3 Å². The highest BCUT2D eigenvalue weighted by molar-refractivity contribution is 5.82. The average Bonchev–Trinajstić information content (AvgIpc) is 2.38. The number of nitrogens with one attached hydrogen (secondary N) is 2. The minimum absolute atomic E-state index is 0.0430. The summed E-state index contributed by atoms with van der Waals surface area (Å²) in [6, 6.07) is 8.15. The molecule has 1 aromatic rings. The first-order valence-corrected chi connectivity index (χ1v) is 6.30. The third kappa shape index (κ3) is 3.09. The lowest BCUT2D eigenvalue weighted by Gasteiger charge is -2.26. The predicted molar refractivity (Wildman–Crippen MR) is 70.3 cm³/mol. The van der Waals surface area contributed by atoms with E-state index in [0.717, 1.165) is 13.0 Å². The summed E-state index contributed by atoms with van der Waals surface area (Å²) in [6.45, 7) is 3.24. The van der Waals surface area contributed by atoms with Crippen LogP contribution in [0, 0.1) is 0 Å². The third-order valence-corrected chi connectivity index (χ3v) is 3.20. The molecule has 0 saturated carbocycles. The number of hydrogen-bond donors (Lipinski definition) is 2. The third-order valence-electron chi connectivity index (χ3n) is 3.20. The van der Waals surface area contributed by atoms with E-state index in [-0.39, 0.29) is 18.0 Å². The van der Waals surface area contributed by atoms with Gasteiger partial charge in [0.2, 0.25) is 5.91 Å². The molecular formula is C14H20N2O2. The summed E-state index contributed by atoms with van der Waals surface area (Å²) in [5.74, 6) is 0.0500. The summed E-state index contributed by atoms with van der Waals surface area (Å²) < 4.78 is 5.01. The van der Waals surface area contributed by atoms with E-state index >= 15 is 0 Å². The van der Waals surface area contributed by atoms with Crippen molar-refractivity contribution in [1.82, 2.24) is 10.6 Å². The Kier molecular flexibility index (Phi) is 4.33. The summed E-state index contributed by atoms with van der Waals surface area (Å²) in [7, 11) is 1.64. The maximum absolute atomic E-state index is 12.1. The molecule has 0 spiro atoms. The van der Waals surface area contributed by atoms with E-state index in [0.29, 0.717) is 6.61 Å². The fourth-order valence-corrected chi connectivity index (χ4v) is 2.27. The largest absolute Gasteiger partial charge is 0.383 e. The van der Waals surface area contributed by atoms with Crippen molar-refractivity contribution in [2.24, 2.45) is 0 Å². The summed E-state index contributed by atoms with van der Waals surface area (Å²) in [5.41, 5.74) is 2.54. The average molecular weight is 248 g/mol. The molecule has 1 heterocycles. The van der Waals surface area contributed by atoms with Crippen LogP contribution in [0.25, 0.3) is 0 Å². The Labute approximate surface area is 108 Å². The molecular weight excluding hydrogens is 228 g/mol. The Hall–Kier alpha value is -1.39. The fourth-order valence-electron chi connectivity index (χ4n) is 2.27. The summed E-state index contributed by atoms with van der Waals surface area (Å²) >= 11 is 0. The number of methoxy groups -OCH3 is 1. The molecule has 0 aliphatic carbocycles. The Balaban J connectivity index is 1.94. The number of carbonyl (C=O) groups excluding carboxylic acids is 1. The van der Waals surface area contributed by atoms with Crippen molar-refractivity contribution in [3.8, 4) is 0 Å². The minimum atomic E-state index is -0.140. The smallest absolute Gasteiger partial charge is 0.237 e. The van der Waals surface area contributed by atoms with Crippen molar-refractivity contribution in [3.05, 3.63) is 35.4 Å². The van der Waals surface area contributed by atoms with Crippen LogP contribution in [0.3, 0.4) is 0 Å². The molecule has 0 radical (unpaired) electrons. The van der Waals surface area contributed by atoms with Gasteiger partial charge >= 0.3 is 0 Å². The SMILES string of the molecule is COCC(C)NC(=O)[C@H]1Cc2ccccc2CN1. The van der Waals surface area contributed by atoms with E-state index in [1.807, 2.05) is 19.1 Å². The van der Waals surface area contributed by atoms with E-state index in [9.17, 15) is 4.79 Å². The number of fused-ring (bicyclic) bond motifs is 1. The van der Waals surface area contributed by atoms with Crippen LogP contribution < -0.4 is 10.6 Å². The van der Waals surface area contributed by atoms with Crippen molar-refractivity contribution in [3.63, 3.8) is 0 Å². The van der Waals surface area contributed by atoms with Gasteiger partial charge in [0, 0.05) is 19.7 Å². The topological polar surface area (TPSA) is 50.4 Å². The second-order valence-electron chi connectivity index (χ2n) is 4.77. The van der Waals surface area contributed by atoms with Gasteiger partial charge in [-0.05, 0) is 24.5 Å². The molecule has 98 valence electrons. The molecule has 0 aromatic heterocycles. The standard InChI is InChI=1S/C14H20N2O2/c1-10(9-18-2)16-14(17)13-7-11-5-3-4-6-12(11)8-15-13/h3-6,10,13,15H,7-9H2,1-2H3,(H,16,17)/t10?,13-/m1/s1. The zero-order chi connectivity index (χ0) is 13.0. The molecule has 0 fully saturated rings. The monoisotopic (exact) mass is 248 g/mol. The molecule has 2 rings (SSSR count). The summed E-state index contributed by atoms with van der Waals surface area (Å²) in [4.78, 5) is 12.1. The van der Waals surface area contributed by atoms with Crippen LogP contribution in [-0.2, 0) is 22.5 Å². The van der Waals surface area contributed by atoms with Crippen LogP contribution in [0.2, 0.25) is 0 Å². The van der Waals surface area contributed by atoms with Gasteiger partial charge in [0.1, 0.15) is 0 Å². The number of benzene rings is 1. The van der Waals surface area contributed by atoms with E-state index in [2.05, 4.69) is 22.8 Å². The van der Waals surface area contributed by atoms with Crippen LogP contribution in [0.5, 0.6) is 0 Å². The number of carbonyl (C=O) groups is 1. The lowest BCUT2D eigenvalue weighted by Crippen LogP contribution is -2.50. The van der Waals surface area contributed by atoms with Crippen LogP contribution in [-0.4, -0.2) is 31.7 Å². The van der Waals surface area contributed by atoms with E-state index < -0.39 is 0 Å². The van der Waals surface area contributed by atoms with Crippen LogP contribution in [0.15, 0.2) is 24.3 Å². The van der Waals surface area contributed by atoms with Gasteiger partial charge in [-0.15, -0.1) is 0 Å². The van der Waals surface area contributed by atoms with Crippen LogP contribution >= 0.6 is 0 Å². The van der Waals surface area contributed by atoms with Crippen LogP contribution in [0.1, 0.15) is 18.1 Å². The van der Waals surface area contributed by atoms with Gasteiger partial charge in [-0.3, -0.25) is 4.79 Å². The van der Waals surface area contributed by atoms with Crippen molar-refractivity contribution in [1.29, 1.82) is 0 Å². The van der Waals surface area contributed by atoms with Crippen molar-refractivity contribution in [2.75, 3.05) is 13.7 Å². The molecule has 18 heavy (non-hydrogen) atoms. The maximum Gasteiger partial charge on any atom is 0.237 e. The highest BCUT2D eigenvalue weighted by Gasteiger charge is 2.24. The molecule has 4 nitrogen and oxygen atoms in total. The molecule has 1 aromatic carbocycles. The number of hydrogen-bond acceptors (Lipinski definition) is 3. The van der Waals surface area contributed by atoms with Gasteiger partial charge in [-0.25, -0.2) is 0 Å². The maximum atomic E-state index is 12.1. The first-order valence-electron chi connectivity index (χ1n) is 6.30. The van der Waals surface area contributed by atoms with Gasteiger partial charge in [0.05, 0.1) is 12.6 Å². The normalized spacial score (nSPS) is 20.0. The lowest BCUT2D eigenvalue weighted by molar-refractivity contribution is -0.124. The molecule has 1 aliphatic rings. The predicted octanol–water partition coefficient (Wildman–Crippen LogP) is 0.852. The summed E-state index contributed by atoms with van der Waals surface area (Å²) in [6.07, 6.45) is 0.752. The van der Waals surface area contributed by atoms with Crippen molar-refractivity contribution < 1.29 is 9.53 Å². The highest BCUT2D eigenvalue weighted by Crippen LogP contribution is 2.16. The quantitative estimate of drug-likeness (QED) is 0.830. The number of ether oxygens (including phenoxy) is 1. The Morgan fingerprint density at radius 1 is 1.50 bits per heavy atom. The second kappa shape index (κ2) is 5.98. The molecule has 1 amide bonds. The molecule has 1 aliphatic heterocycles. The van der Waals surface area contributed by atoms with E-state index in [1.54, 1.807) is 7.11 Å². The molecule has 2 N–H and O–H groups in total. The Bertz CT molecular complexity index is 420. The second-order valence-corrected chi connectivity index (χ2v) is 4.77. The first-order chi connectivity index (χ1) is 8.70. The first kappa shape index (κ1) is 13.1. The van der Waals surface area contributed by atoms with Gasteiger partial charge in [0.15, 0.2) is 0 Å². The summed E-state index contributed by atoms with van der Waals surface area (Å²) in [5, 5.41) is 6.22. The minimum Gasteiger partial charge on any atom is -0.383 e. The molecule has 0 saturated heterocycles. The molecule has 4 heteroatoms. The van der Waals surface area contributed by atoms with E-state index in [4.69, 9.17) is 4.74 Å². The molecule has 2 atom stereocenters.